The summed E-state index contributed by atoms with van der Waals surface area (Å²) < 4.78 is 37.9. The van der Waals surface area contributed by atoms with Crippen LogP contribution in [0.1, 0.15) is 30.4 Å². The molecule has 1 aliphatic carbocycles. The first kappa shape index (κ1) is 30.2. The molecule has 0 atom stereocenters. The van der Waals surface area contributed by atoms with E-state index >= 15 is 0 Å². The number of carbonyl (C=O) groups excluding carboxylic acids is 2. The maximum absolute atomic E-state index is 13.1. The molecule has 2 amide bonds. The van der Waals surface area contributed by atoms with Gasteiger partial charge >= 0.3 is 6.09 Å². The molecule has 0 bridgehead atoms. The summed E-state index contributed by atoms with van der Waals surface area (Å²) in [4.78, 5) is 26.9. The number of aryl methyl sites for hydroxylation is 1. The second kappa shape index (κ2) is 12.7. The van der Waals surface area contributed by atoms with Gasteiger partial charge < -0.3 is 19.7 Å². The number of halogens is 1. The number of methoxy groups -OCH3 is 1. The van der Waals surface area contributed by atoms with Crippen molar-refractivity contribution in [3.05, 3.63) is 52.0 Å². The van der Waals surface area contributed by atoms with Gasteiger partial charge in [-0.3, -0.25) is 4.79 Å². The number of nitrogens with one attached hydrogen (secondary N) is 1. The average Bonchev–Trinajstić information content (AvgIpc) is 3.68. The standard InChI is InChI=1S/C27H37BrN2O6SSi/c1-30(27(32)36-14-15-38(3,4)5)18-20-17-22(8-12-25(20)37(33,34)23-9-10-23)29-26(31)13-6-19-16-21(28)7-11-24(19)35-2/h7-8,11-12,16-17,23H,6,9-10,13-15,18H2,1-5H3,(H,29,31). The smallest absolute Gasteiger partial charge is 0.409 e. The van der Waals surface area contributed by atoms with E-state index < -0.39 is 29.3 Å². The number of hydrogen-bond acceptors (Lipinski definition) is 6. The molecule has 0 radical (unpaired) electrons. The summed E-state index contributed by atoms with van der Waals surface area (Å²) in [6, 6.07) is 11.2. The first-order valence-electron chi connectivity index (χ1n) is 12.7. The minimum Gasteiger partial charge on any atom is -0.496 e. The second-order valence-electron chi connectivity index (χ2n) is 10.9. The number of amides is 2. The number of nitrogens with zero attached hydrogens (tertiary/aromatic N) is 1. The van der Waals surface area contributed by atoms with Crippen LogP contribution in [0.2, 0.25) is 25.7 Å². The maximum Gasteiger partial charge on any atom is 0.409 e. The van der Waals surface area contributed by atoms with Gasteiger partial charge in [0.15, 0.2) is 9.84 Å². The van der Waals surface area contributed by atoms with E-state index in [1.54, 1.807) is 26.3 Å². The zero-order valence-electron chi connectivity index (χ0n) is 22.7. The lowest BCUT2D eigenvalue weighted by Gasteiger charge is -2.21. The molecule has 0 aliphatic heterocycles. The average molecular weight is 626 g/mol. The molecule has 1 saturated carbocycles. The van der Waals surface area contributed by atoms with Crippen LogP contribution >= 0.6 is 15.9 Å². The van der Waals surface area contributed by atoms with Crippen LogP contribution in [0.4, 0.5) is 10.5 Å². The van der Waals surface area contributed by atoms with Gasteiger partial charge in [-0.05, 0) is 72.8 Å². The summed E-state index contributed by atoms with van der Waals surface area (Å²) in [5.74, 6) is 0.493. The molecule has 0 unspecified atom stereocenters. The van der Waals surface area contributed by atoms with Crippen molar-refractivity contribution < 1.29 is 27.5 Å². The molecule has 3 rings (SSSR count). The van der Waals surface area contributed by atoms with Crippen molar-refractivity contribution in [1.29, 1.82) is 0 Å². The third kappa shape index (κ3) is 8.57. The number of hydrogen-bond donors (Lipinski definition) is 1. The van der Waals surface area contributed by atoms with Crippen LogP contribution < -0.4 is 10.1 Å². The van der Waals surface area contributed by atoms with Crippen LogP contribution in [-0.4, -0.2) is 59.4 Å². The Balaban J connectivity index is 1.73. The first-order valence-corrected chi connectivity index (χ1v) is 18.7. The number of carbonyl (C=O) groups is 2. The van der Waals surface area contributed by atoms with E-state index in [1.165, 1.54) is 11.0 Å². The Morgan fingerprint density at radius 3 is 2.45 bits per heavy atom. The van der Waals surface area contributed by atoms with Crippen molar-refractivity contribution in [2.45, 2.75) is 68.1 Å². The highest BCUT2D eigenvalue weighted by atomic mass is 79.9. The largest absolute Gasteiger partial charge is 0.496 e. The van der Waals surface area contributed by atoms with E-state index in [2.05, 4.69) is 40.9 Å². The van der Waals surface area contributed by atoms with Crippen LogP contribution in [0.5, 0.6) is 5.75 Å². The molecule has 0 saturated heterocycles. The van der Waals surface area contributed by atoms with Gasteiger partial charge in [-0.25, -0.2) is 13.2 Å². The minimum atomic E-state index is -3.51. The summed E-state index contributed by atoms with van der Waals surface area (Å²) in [5.41, 5.74) is 1.83. The van der Waals surface area contributed by atoms with Crippen LogP contribution in [0, 0.1) is 0 Å². The van der Waals surface area contributed by atoms with Crippen molar-refractivity contribution in [3.63, 3.8) is 0 Å². The third-order valence-corrected chi connectivity index (χ3v) is 10.8. The summed E-state index contributed by atoms with van der Waals surface area (Å²) >= 11 is 3.44. The van der Waals surface area contributed by atoms with Gasteiger partial charge in [-0.1, -0.05) is 35.6 Å². The van der Waals surface area contributed by atoms with Crippen LogP contribution in [-0.2, 0) is 32.3 Å². The quantitative estimate of drug-likeness (QED) is 0.296. The molecular formula is C27H37BrN2O6SSi. The van der Waals surface area contributed by atoms with E-state index in [1.807, 2.05) is 18.2 Å². The van der Waals surface area contributed by atoms with E-state index in [0.717, 1.165) is 16.1 Å². The predicted octanol–water partition coefficient (Wildman–Crippen LogP) is 5.87. The molecule has 1 N–H and O–H groups in total. The fourth-order valence-corrected chi connectivity index (χ4v) is 6.89. The third-order valence-electron chi connectivity index (χ3n) is 6.27. The van der Waals surface area contributed by atoms with E-state index in [0.29, 0.717) is 42.9 Å². The number of ether oxygens (including phenoxy) is 2. The van der Waals surface area contributed by atoms with Crippen molar-refractivity contribution >= 4 is 51.5 Å². The van der Waals surface area contributed by atoms with Crippen molar-refractivity contribution in [1.82, 2.24) is 4.90 Å². The molecule has 0 aromatic heterocycles. The van der Waals surface area contributed by atoms with Gasteiger partial charge in [0.05, 0.1) is 30.4 Å². The van der Waals surface area contributed by atoms with Gasteiger partial charge in [0.2, 0.25) is 5.91 Å². The highest BCUT2D eigenvalue weighted by molar-refractivity contribution is 9.10. The number of benzene rings is 2. The fourth-order valence-electron chi connectivity index (χ4n) is 3.91. The molecular weight excluding hydrogens is 588 g/mol. The summed E-state index contributed by atoms with van der Waals surface area (Å²) in [7, 11) is -1.70. The molecule has 38 heavy (non-hydrogen) atoms. The Labute approximate surface area is 235 Å². The zero-order chi connectivity index (χ0) is 28.1. The van der Waals surface area contributed by atoms with Crippen LogP contribution in [0.3, 0.4) is 0 Å². The summed E-state index contributed by atoms with van der Waals surface area (Å²) in [5, 5.41) is 2.47. The van der Waals surface area contributed by atoms with Gasteiger partial charge in [0.1, 0.15) is 5.75 Å². The Bertz CT molecular complexity index is 1270. The van der Waals surface area contributed by atoms with Crippen molar-refractivity contribution in [2.24, 2.45) is 0 Å². The Morgan fingerprint density at radius 2 is 1.82 bits per heavy atom. The van der Waals surface area contributed by atoms with E-state index in [-0.39, 0.29) is 23.8 Å². The van der Waals surface area contributed by atoms with Gasteiger partial charge in [0, 0.05) is 31.7 Å². The Kier molecular flexibility index (Phi) is 10.0. The molecule has 0 spiro atoms. The molecule has 1 aliphatic rings. The second-order valence-corrected chi connectivity index (χ2v) is 19.6. The van der Waals surface area contributed by atoms with Gasteiger partial charge in [-0.2, -0.15) is 0 Å². The minimum absolute atomic E-state index is 0.0476. The number of sulfone groups is 1. The SMILES string of the molecule is COc1ccc(Br)cc1CCC(=O)Nc1ccc(S(=O)(=O)C2CC2)c(CN(C)C(=O)OCC[Si](C)(C)C)c1. The topological polar surface area (TPSA) is 102 Å². The van der Waals surface area contributed by atoms with Crippen molar-refractivity contribution in [2.75, 3.05) is 26.1 Å². The normalized spacial score (nSPS) is 13.6. The van der Waals surface area contributed by atoms with Gasteiger partial charge in [0.25, 0.3) is 0 Å². The lowest BCUT2D eigenvalue weighted by atomic mass is 10.1. The summed E-state index contributed by atoms with van der Waals surface area (Å²) in [6.07, 6.45) is 1.45. The first-order chi connectivity index (χ1) is 17.8. The zero-order valence-corrected chi connectivity index (χ0v) is 26.1. The Morgan fingerprint density at radius 1 is 1.11 bits per heavy atom. The molecule has 8 nitrogen and oxygen atoms in total. The van der Waals surface area contributed by atoms with Crippen LogP contribution in [0.25, 0.3) is 0 Å². The lowest BCUT2D eigenvalue weighted by molar-refractivity contribution is -0.116. The lowest BCUT2D eigenvalue weighted by Crippen LogP contribution is -2.30. The molecule has 2 aromatic rings. The summed E-state index contributed by atoms with van der Waals surface area (Å²) in [6.45, 7) is 6.99. The van der Waals surface area contributed by atoms with E-state index in [4.69, 9.17) is 9.47 Å². The molecule has 0 heterocycles. The van der Waals surface area contributed by atoms with Crippen LogP contribution in [0.15, 0.2) is 45.8 Å². The number of rotatable bonds is 12. The highest BCUT2D eigenvalue weighted by Crippen LogP contribution is 2.36. The maximum atomic E-state index is 13.1. The highest BCUT2D eigenvalue weighted by Gasteiger charge is 2.38. The molecule has 2 aromatic carbocycles. The number of anilines is 1. The Hall–Kier alpha value is -2.37. The molecule has 11 heteroatoms. The van der Waals surface area contributed by atoms with E-state index in [9.17, 15) is 18.0 Å². The van der Waals surface area contributed by atoms with Gasteiger partial charge in [-0.15, -0.1) is 0 Å². The fraction of sp³-hybridized carbons (Fsp3) is 0.481. The predicted molar refractivity (Wildman–Crippen MR) is 155 cm³/mol. The monoisotopic (exact) mass is 624 g/mol. The molecule has 208 valence electrons. The molecule has 1 fully saturated rings. The van der Waals surface area contributed by atoms with Crippen molar-refractivity contribution in [3.8, 4) is 5.75 Å².